The van der Waals surface area contributed by atoms with Gasteiger partial charge >= 0.3 is 0 Å². The second-order valence-corrected chi connectivity index (χ2v) is 4.29. The Hall–Kier alpha value is -0.480. The van der Waals surface area contributed by atoms with Crippen molar-refractivity contribution in [3.05, 3.63) is 18.2 Å². The number of nitrogens with one attached hydrogen (secondary N) is 2. The van der Waals surface area contributed by atoms with Gasteiger partial charge in [-0.3, -0.25) is 0 Å². The molecule has 0 aromatic carbocycles. The molecule has 0 aliphatic carbocycles. The molecule has 1 rings (SSSR count). The zero-order valence-corrected chi connectivity index (χ0v) is 9.57. The fourth-order valence-electron chi connectivity index (χ4n) is 1.28. The zero-order chi connectivity index (χ0) is 10.1. The van der Waals surface area contributed by atoms with Crippen LogP contribution in [0.15, 0.2) is 12.5 Å². The molecule has 1 aromatic heterocycles. The minimum atomic E-state index is 0.905. The van der Waals surface area contributed by atoms with Crippen LogP contribution in [0.2, 0.25) is 0 Å². The molecule has 0 amide bonds. The van der Waals surface area contributed by atoms with Crippen molar-refractivity contribution in [2.75, 3.05) is 18.6 Å². The minimum Gasteiger partial charge on any atom is -0.347 e. The van der Waals surface area contributed by atoms with Gasteiger partial charge in [0.05, 0.1) is 6.33 Å². The summed E-state index contributed by atoms with van der Waals surface area (Å²) < 4.78 is 0. The SMILES string of the molecule is CSCCCCCNCc1cnc[nH]1. The summed E-state index contributed by atoms with van der Waals surface area (Å²) in [5.41, 5.74) is 1.16. The largest absolute Gasteiger partial charge is 0.347 e. The van der Waals surface area contributed by atoms with Crippen LogP contribution in [0, 0.1) is 0 Å². The highest BCUT2D eigenvalue weighted by Crippen LogP contribution is 2.01. The highest BCUT2D eigenvalue weighted by Gasteiger charge is 1.92. The maximum Gasteiger partial charge on any atom is 0.0922 e. The smallest absolute Gasteiger partial charge is 0.0922 e. The van der Waals surface area contributed by atoms with Crippen LogP contribution in [0.3, 0.4) is 0 Å². The van der Waals surface area contributed by atoms with Crippen LogP contribution in [-0.4, -0.2) is 28.5 Å². The van der Waals surface area contributed by atoms with Crippen molar-refractivity contribution in [1.82, 2.24) is 15.3 Å². The van der Waals surface area contributed by atoms with Gasteiger partial charge in [0.15, 0.2) is 0 Å². The van der Waals surface area contributed by atoms with Crippen molar-refractivity contribution < 1.29 is 0 Å². The second kappa shape index (κ2) is 7.88. The first-order valence-corrected chi connectivity index (χ1v) is 6.50. The molecule has 14 heavy (non-hydrogen) atoms. The Bertz CT molecular complexity index is 211. The molecule has 0 saturated carbocycles. The number of hydrogen-bond acceptors (Lipinski definition) is 3. The van der Waals surface area contributed by atoms with Crippen LogP contribution in [0.25, 0.3) is 0 Å². The summed E-state index contributed by atoms with van der Waals surface area (Å²) in [4.78, 5) is 7.03. The van der Waals surface area contributed by atoms with Gasteiger partial charge in [-0.2, -0.15) is 11.8 Å². The molecule has 0 unspecified atom stereocenters. The van der Waals surface area contributed by atoms with E-state index < -0.39 is 0 Å². The van der Waals surface area contributed by atoms with Gasteiger partial charge in [0.1, 0.15) is 0 Å². The number of aromatic nitrogens is 2. The predicted octanol–water partition coefficient (Wildman–Crippen LogP) is 2.03. The molecular weight excluding hydrogens is 194 g/mol. The summed E-state index contributed by atoms with van der Waals surface area (Å²) in [5, 5.41) is 3.39. The number of aromatic amines is 1. The monoisotopic (exact) mass is 213 g/mol. The summed E-state index contributed by atoms with van der Waals surface area (Å²) in [6.45, 7) is 2.01. The van der Waals surface area contributed by atoms with Crippen molar-refractivity contribution in [3.63, 3.8) is 0 Å². The van der Waals surface area contributed by atoms with E-state index in [9.17, 15) is 0 Å². The lowest BCUT2D eigenvalue weighted by Crippen LogP contribution is -2.14. The summed E-state index contributed by atoms with van der Waals surface area (Å²) in [7, 11) is 0. The Labute approximate surface area is 90.1 Å². The first kappa shape index (κ1) is 11.6. The Morgan fingerprint density at radius 3 is 3.07 bits per heavy atom. The lowest BCUT2D eigenvalue weighted by atomic mass is 10.2. The maximum atomic E-state index is 3.96. The third-order valence-electron chi connectivity index (χ3n) is 2.07. The normalized spacial score (nSPS) is 10.6. The fourth-order valence-corrected chi connectivity index (χ4v) is 1.77. The number of nitrogens with zero attached hydrogens (tertiary/aromatic N) is 1. The van der Waals surface area contributed by atoms with E-state index in [0.717, 1.165) is 18.8 Å². The Balaban J connectivity index is 1.85. The molecule has 1 aromatic rings. The number of rotatable bonds is 8. The third kappa shape index (κ3) is 5.29. The summed E-state index contributed by atoms with van der Waals surface area (Å²) in [5.74, 6) is 1.29. The first-order valence-electron chi connectivity index (χ1n) is 5.10. The van der Waals surface area contributed by atoms with E-state index in [4.69, 9.17) is 0 Å². The van der Waals surface area contributed by atoms with Crippen LogP contribution < -0.4 is 5.32 Å². The van der Waals surface area contributed by atoms with E-state index in [1.807, 2.05) is 18.0 Å². The first-order chi connectivity index (χ1) is 6.93. The minimum absolute atomic E-state index is 0.905. The van der Waals surface area contributed by atoms with Gasteiger partial charge in [0.25, 0.3) is 0 Å². The molecule has 0 atom stereocenters. The van der Waals surface area contributed by atoms with Crippen molar-refractivity contribution in [2.45, 2.75) is 25.8 Å². The van der Waals surface area contributed by atoms with Gasteiger partial charge in [-0.15, -0.1) is 0 Å². The molecule has 0 radical (unpaired) electrons. The van der Waals surface area contributed by atoms with Crippen LogP contribution in [-0.2, 0) is 6.54 Å². The topological polar surface area (TPSA) is 40.7 Å². The van der Waals surface area contributed by atoms with E-state index in [2.05, 4.69) is 21.5 Å². The Kier molecular flexibility index (Phi) is 6.53. The van der Waals surface area contributed by atoms with Gasteiger partial charge in [-0.25, -0.2) is 4.98 Å². The van der Waals surface area contributed by atoms with Crippen LogP contribution in [0.5, 0.6) is 0 Å². The van der Waals surface area contributed by atoms with Gasteiger partial charge in [0.2, 0.25) is 0 Å². The van der Waals surface area contributed by atoms with Crippen molar-refractivity contribution >= 4 is 11.8 Å². The number of unbranched alkanes of at least 4 members (excludes halogenated alkanes) is 2. The van der Waals surface area contributed by atoms with Crippen LogP contribution in [0.1, 0.15) is 25.0 Å². The molecule has 0 fully saturated rings. The van der Waals surface area contributed by atoms with Crippen molar-refractivity contribution in [3.8, 4) is 0 Å². The standard InChI is InChI=1S/C10H19N3S/c1-14-6-4-2-3-5-11-7-10-8-12-9-13-10/h8-9,11H,2-7H2,1H3,(H,12,13). The molecule has 0 aliphatic heterocycles. The van der Waals surface area contributed by atoms with Gasteiger partial charge in [-0.1, -0.05) is 6.42 Å². The predicted molar refractivity (Wildman–Crippen MR) is 62.5 cm³/mol. The van der Waals surface area contributed by atoms with Gasteiger partial charge < -0.3 is 10.3 Å². The summed E-state index contributed by atoms with van der Waals surface area (Å²) in [6.07, 6.45) is 9.69. The molecule has 2 N–H and O–H groups in total. The number of imidazole rings is 1. The molecule has 0 spiro atoms. The van der Waals surface area contributed by atoms with E-state index >= 15 is 0 Å². The number of hydrogen-bond donors (Lipinski definition) is 2. The number of H-pyrrole nitrogens is 1. The molecule has 4 heteroatoms. The molecule has 3 nitrogen and oxygen atoms in total. The lowest BCUT2D eigenvalue weighted by molar-refractivity contribution is 0.613. The molecular formula is C10H19N3S. The van der Waals surface area contributed by atoms with E-state index in [1.165, 1.54) is 25.0 Å². The third-order valence-corrected chi connectivity index (χ3v) is 2.77. The highest BCUT2D eigenvalue weighted by atomic mass is 32.2. The molecule has 0 aliphatic rings. The summed E-state index contributed by atoms with van der Waals surface area (Å²) >= 11 is 1.93. The van der Waals surface area contributed by atoms with Crippen molar-refractivity contribution in [1.29, 1.82) is 0 Å². The average molecular weight is 213 g/mol. The van der Waals surface area contributed by atoms with Crippen LogP contribution in [0.4, 0.5) is 0 Å². The lowest BCUT2D eigenvalue weighted by Gasteiger charge is -2.02. The second-order valence-electron chi connectivity index (χ2n) is 3.31. The van der Waals surface area contributed by atoms with Crippen molar-refractivity contribution in [2.24, 2.45) is 0 Å². The molecule has 1 heterocycles. The van der Waals surface area contributed by atoms with E-state index in [0.29, 0.717) is 0 Å². The fraction of sp³-hybridized carbons (Fsp3) is 0.700. The van der Waals surface area contributed by atoms with Gasteiger partial charge in [-0.05, 0) is 31.4 Å². The zero-order valence-electron chi connectivity index (χ0n) is 8.75. The Morgan fingerprint density at radius 1 is 1.43 bits per heavy atom. The van der Waals surface area contributed by atoms with E-state index in [-0.39, 0.29) is 0 Å². The van der Waals surface area contributed by atoms with E-state index in [1.54, 1.807) is 6.33 Å². The van der Waals surface area contributed by atoms with Crippen LogP contribution >= 0.6 is 11.8 Å². The maximum absolute atomic E-state index is 3.96. The molecule has 0 bridgehead atoms. The number of thioether (sulfide) groups is 1. The Morgan fingerprint density at radius 2 is 2.36 bits per heavy atom. The quantitative estimate of drug-likeness (QED) is 0.649. The molecule has 0 saturated heterocycles. The molecule has 80 valence electrons. The highest BCUT2D eigenvalue weighted by molar-refractivity contribution is 7.98. The average Bonchev–Trinajstić information content (AvgIpc) is 2.69. The summed E-state index contributed by atoms with van der Waals surface area (Å²) in [6, 6.07) is 0. The van der Waals surface area contributed by atoms with Gasteiger partial charge in [0, 0.05) is 18.4 Å².